The fourth-order valence-corrected chi connectivity index (χ4v) is 2.27. The van der Waals surface area contributed by atoms with Crippen molar-refractivity contribution in [1.29, 1.82) is 0 Å². The molecule has 0 radical (unpaired) electrons. The van der Waals surface area contributed by atoms with Gasteiger partial charge in [-0.25, -0.2) is 4.79 Å². The number of carbonyl (C=O) groups excluding carboxylic acids is 1. The van der Waals surface area contributed by atoms with Crippen molar-refractivity contribution in [2.75, 3.05) is 6.54 Å². The molecule has 3 aromatic rings. The zero-order valence-corrected chi connectivity index (χ0v) is 13.5. The third-order valence-electron chi connectivity index (χ3n) is 3.54. The Morgan fingerprint density at radius 3 is 2.92 bits per heavy atom. The van der Waals surface area contributed by atoms with E-state index in [0.29, 0.717) is 23.6 Å². The topological polar surface area (TPSA) is 103 Å². The molecular formula is C16H18N4O4. The van der Waals surface area contributed by atoms with Crippen molar-refractivity contribution in [1.82, 2.24) is 20.0 Å². The molecule has 2 aromatic heterocycles. The van der Waals surface area contributed by atoms with Crippen molar-refractivity contribution >= 4 is 17.0 Å². The van der Waals surface area contributed by atoms with Gasteiger partial charge in [0.2, 0.25) is 0 Å². The van der Waals surface area contributed by atoms with Crippen LogP contribution in [0.2, 0.25) is 0 Å². The number of nitrogens with zero attached hydrogens (tertiary/aromatic N) is 3. The molecule has 0 aliphatic heterocycles. The standard InChI is InChI=1S/C16H18N4O4/c1-10(2)7-8-17-14(21)15-18-13(19-24-15)9-20-11-5-3-4-6-12(11)23-16(20)22/h3-6,10H,7-9H2,1-2H3,(H,17,21). The van der Waals surface area contributed by atoms with Crippen molar-refractivity contribution in [3.05, 3.63) is 46.5 Å². The van der Waals surface area contributed by atoms with Crippen LogP contribution in [-0.2, 0) is 6.54 Å². The number of rotatable bonds is 6. The molecule has 1 aromatic carbocycles. The second kappa shape index (κ2) is 6.69. The number of benzene rings is 1. The van der Waals surface area contributed by atoms with Gasteiger partial charge in [0.25, 0.3) is 0 Å². The van der Waals surface area contributed by atoms with Crippen LogP contribution in [0.25, 0.3) is 11.1 Å². The summed E-state index contributed by atoms with van der Waals surface area (Å²) < 4.78 is 11.5. The van der Waals surface area contributed by atoms with Crippen LogP contribution >= 0.6 is 0 Å². The second-order valence-electron chi connectivity index (χ2n) is 5.88. The van der Waals surface area contributed by atoms with Gasteiger partial charge in [-0.2, -0.15) is 4.98 Å². The van der Waals surface area contributed by atoms with Gasteiger partial charge in [-0.05, 0) is 24.5 Å². The largest absolute Gasteiger partial charge is 0.420 e. The van der Waals surface area contributed by atoms with Gasteiger partial charge in [0.05, 0.1) is 12.1 Å². The quantitative estimate of drug-likeness (QED) is 0.739. The van der Waals surface area contributed by atoms with E-state index in [2.05, 4.69) is 29.3 Å². The summed E-state index contributed by atoms with van der Waals surface area (Å²) in [6.07, 6.45) is 0.864. The molecule has 0 atom stereocenters. The lowest BCUT2D eigenvalue weighted by Crippen LogP contribution is -2.25. The molecule has 24 heavy (non-hydrogen) atoms. The van der Waals surface area contributed by atoms with Gasteiger partial charge in [0, 0.05) is 6.54 Å². The summed E-state index contributed by atoms with van der Waals surface area (Å²) in [5.41, 5.74) is 1.12. The van der Waals surface area contributed by atoms with Gasteiger partial charge < -0.3 is 14.3 Å². The predicted molar refractivity (Wildman–Crippen MR) is 85.7 cm³/mol. The number of hydrogen-bond acceptors (Lipinski definition) is 6. The highest BCUT2D eigenvalue weighted by Crippen LogP contribution is 2.12. The van der Waals surface area contributed by atoms with E-state index in [9.17, 15) is 9.59 Å². The molecule has 0 aliphatic rings. The first kappa shape index (κ1) is 16.0. The van der Waals surface area contributed by atoms with Gasteiger partial charge >= 0.3 is 17.6 Å². The molecule has 3 rings (SSSR count). The maximum Gasteiger partial charge on any atom is 0.420 e. The molecule has 0 aliphatic carbocycles. The Bertz CT molecular complexity index is 906. The van der Waals surface area contributed by atoms with Crippen LogP contribution in [0.3, 0.4) is 0 Å². The third kappa shape index (κ3) is 3.37. The Morgan fingerprint density at radius 1 is 1.33 bits per heavy atom. The van der Waals surface area contributed by atoms with Crippen LogP contribution in [0.4, 0.5) is 0 Å². The van der Waals surface area contributed by atoms with E-state index in [0.717, 1.165) is 6.42 Å². The molecule has 0 saturated carbocycles. The van der Waals surface area contributed by atoms with Gasteiger partial charge in [-0.3, -0.25) is 9.36 Å². The van der Waals surface area contributed by atoms with Gasteiger partial charge in [0.15, 0.2) is 11.4 Å². The molecule has 0 unspecified atom stereocenters. The monoisotopic (exact) mass is 330 g/mol. The van der Waals surface area contributed by atoms with Gasteiger partial charge in [0.1, 0.15) is 0 Å². The molecule has 0 bridgehead atoms. The summed E-state index contributed by atoms with van der Waals surface area (Å²) in [5.74, 6) is -0.320. The average Bonchev–Trinajstić information content (AvgIpc) is 3.13. The van der Waals surface area contributed by atoms with Crippen molar-refractivity contribution < 1.29 is 13.7 Å². The summed E-state index contributed by atoms with van der Waals surface area (Å²) in [4.78, 5) is 27.9. The Morgan fingerprint density at radius 2 is 2.12 bits per heavy atom. The maximum absolute atomic E-state index is 11.9. The van der Waals surface area contributed by atoms with Gasteiger partial charge in [-0.15, -0.1) is 0 Å². The summed E-state index contributed by atoms with van der Waals surface area (Å²) in [5, 5.41) is 6.48. The lowest BCUT2D eigenvalue weighted by molar-refractivity contribution is 0.0908. The molecule has 126 valence electrons. The molecule has 1 amide bonds. The van der Waals surface area contributed by atoms with Crippen molar-refractivity contribution in [2.45, 2.75) is 26.8 Å². The molecule has 0 fully saturated rings. The lowest BCUT2D eigenvalue weighted by atomic mass is 10.1. The van der Waals surface area contributed by atoms with Crippen LogP contribution in [0.5, 0.6) is 0 Å². The highest BCUT2D eigenvalue weighted by Gasteiger charge is 2.17. The molecule has 8 nitrogen and oxygen atoms in total. The van der Waals surface area contributed by atoms with Crippen LogP contribution in [0.1, 0.15) is 36.8 Å². The van der Waals surface area contributed by atoms with Crippen molar-refractivity contribution in [3.63, 3.8) is 0 Å². The minimum absolute atomic E-state index is 0.0681. The first-order chi connectivity index (χ1) is 11.5. The van der Waals surface area contributed by atoms with Crippen LogP contribution in [0.15, 0.2) is 38.0 Å². The molecule has 2 heterocycles. The normalized spacial score (nSPS) is 11.3. The number of fused-ring (bicyclic) bond motifs is 1. The zero-order chi connectivity index (χ0) is 17.1. The van der Waals surface area contributed by atoms with Crippen molar-refractivity contribution in [2.24, 2.45) is 5.92 Å². The predicted octanol–water partition coefficient (Wildman–Crippen LogP) is 1.80. The van der Waals surface area contributed by atoms with E-state index in [1.807, 2.05) is 0 Å². The van der Waals surface area contributed by atoms with E-state index in [1.54, 1.807) is 24.3 Å². The Hall–Kier alpha value is -2.90. The SMILES string of the molecule is CC(C)CCNC(=O)c1nc(Cn2c(=O)oc3ccccc32)no1. The molecule has 1 N–H and O–H groups in total. The lowest BCUT2D eigenvalue weighted by Gasteiger charge is -2.04. The van der Waals surface area contributed by atoms with Crippen LogP contribution < -0.4 is 11.1 Å². The van der Waals surface area contributed by atoms with E-state index in [4.69, 9.17) is 8.94 Å². The molecule has 8 heteroatoms. The van der Waals surface area contributed by atoms with Crippen LogP contribution in [0, 0.1) is 5.92 Å². The van der Waals surface area contributed by atoms with E-state index in [1.165, 1.54) is 4.57 Å². The van der Waals surface area contributed by atoms with Crippen molar-refractivity contribution in [3.8, 4) is 0 Å². The van der Waals surface area contributed by atoms with E-state index < -0.39 is 11.7 Å². The Kier molecular flexibility index (Phi) is 4.45. The Balaban J connectivity index is 1.73. The highest BCUT2D eigenvalue weighted by atomic mass is 16.5. The smallest absolute Gasteiger partial charge is 0.408 e. The molecule has 0 saturated heterocycles. The summed E-state index contributed by atoms with van der Waals surface area (Å²) >= 11 is 0. The maximum atomic E-state index is 11.9. The number of oxazole rings is 1. The van der Waals surface area contributed by atoms with Crippen LogP contribution in [-0.4, -0.2) is 27.2 Å². The summed E-state index contributed by atoms with van der Waals surface area (Å²) in [6.45, 7) is 4.76. The fourth-order valence-electron chi connectivity index (χ4n) is 2.27. The third-order valence-corrected chi connectivity index (χ3v) is 3.54. The number of nitrogens with one attached hydrogen (secondary N) is 1. The average molecular weight is 330 g/mol. The highest BCUT2D eigenvalue weighted by molar-refractivity contribution is 5.89. The minimum Gasteiger partial charge on any atom is -0.408 e. The van der Waals surface area contributed by atoms with E-state index in [-0.39, 0.29) is 18.3 Å². The number of amides is 1. The zero-order valence-electron chi connectivity index (χ0n) is 13.5. The summed E-state index contributed by atoms with van der Waals surface area (Å²) in [7, 11) is 0. The number of para-hydroxylation sites is 2. The molecule has 0 spiro atoms. The Labute approximate surface area is 137 Å². The number of aromatic nitrogens is 3. The number of carbonyl (C=O) groups is 1. The minimum atomic E-state index is -0.510. The van der Waals surface area contributed by atoms with Gasteiger partial charge in [-0.1, -0.05) is 31.1 Å². The molecular weight excluding hydrogens is 312 g/mol. The number of hydrogen-bond donors (Lipinski definition) is 1. The first-order valence-electron chi connectivity index (χ1n) is 7.73. The second-order valence-corrected chi connectivity index (χ2v) is 5.88. The first-order valence-corrected chi connectivity index (χ1v) is 7.73. The summed E-state index contributed by atoms with van der Waals surface area (Å²) in [6, 6.07) is 7.05. The fraction of sp³-hybridized carbons (Fsp3) is 0.375. The van der Waals surface area contributed by atoms with E-state index >= 15 is 0 Å².